The highest BCUT2D eigenvalue weighted by Crippen LogP contribution is 2.23. The summed E-state index contributed by atoms with van der Waals surface area (Å²) in [6.45, 7) is 9.67. The second kappa shape index (κ2) is 5.73. The highest BCUT2D eigenvalue weighted by molar-refractivity contribution is 5.78. The molecule has 0 spiro atoms. The number of amides is 2. The van der Waals surface area contributed by atoms with Gasteiger partial charge in [-0.05, 0) is 25.7 Å². The number of aldehydes is 1. The van der Waals surface area contributed by atoms with Crippen LogP contribution in [0.15, 0.2) is 0 Å². The first-order chi connectivity index (χ1) is 6.83. The van der Waals surface area contributed by atoms with Crippen molar-refractivity contribution >= 4 is 12.3 Å². The molecule has 0 aliphatic heterocycles. The molecule has 2 amide bonds. The zero-order valence-electron chi connectivity index (χ0n) is 10.3. The molecule has 0 aliphatic carbocycles. The lowest BCUT2D eigenvalue weighted by atomic mass is 9.82. The summed E-state index contributed by atoms with van der Waals surface area (Å²) in [5.41, 5.74) is -0.212. The van der Waals surface area contributed by atoms with Crippen molar-refractivity contribution in [1.82, 2.24) is 10.6 Å². The van der Waals surface area contributed by atoms with E-state index in [9.17, 15) is 9.59 Å². The average molecular weight is 214 g/mol. The Morgan fingerprint density at radius 1 is 1.33 bits per heavy atom. The van der Waals surface area contributed by atoms with Gasteiger partial charge in [-0.2, -0.15) is 0 Å². The number of hydrogen-bond acceptors (Lipinski definition) is 2. The van der Waals surface area contributed by atoms with Crippen LogP contribution in [0.2, 0.25) is 0 Å². The van der Waals surface area contributed by atoms with Gasteiger partial charge >= 0.3 is 6.03 Å². The van der Waals surface area contributed by atoms with E-state index in [-0.39, 0.29) is 17.5 Å². The van der Waals surface area contributed by atoms with Crippen LogP contribution in [0, 0.1) is 5.41 Å². The minimum Gasteiger partial charge on any atom is -0.336 e. The highest BCUT2D eigenvalue weighted by Gasteiger charge is 2.28. The fourth-order valence-electron chi connectivity index (χ4n) is 1.08. The molecular formula is C11H22N2O2. The number of hydrogen-bond donors (Lipinski definition) is 2. The Kier molecular flexibility index (Phi) is 5.33. The van der Waals surface area contributed by atoms with Gasteiger partial charge in [-0.1, -0.05) is 20.8 Å². The Balaban J connectivity index is 4.34. The molecule has 0 fully saturated rings. The zero-order valence-corrected chi connectivity index (χ0v) is 10.3. The van der Waals surface area contributed by atoms with E-state index in [2.05, 4.69) is 10.6 Å². The normalized spacial score (nSPS) is 13.5. The maximum atomic E-state index is 11.4. The van der Waals surface area contributed by atoms with Crippen LogP contribution in [-0.4, -0.2) is 24.4 Å². The van der Waals surface area contributed by atoms with Crippen LogP contribution in [0.3, 0.4) is 0 Å². The Hall–Kier alpha value is -1.06. The summed E-state index contributed by atoms with van der Waals surface area (Å²) in [6.07, 6.45) is 1.63. The molecule has 0 saturated heterocycles. The van der Waals surface area contributed by atoms with Crippen LogP contribution < -0.4 is 10.6 Å². The van der Waals surface area contributed by atoms with Crippen molar-refractivity contribution in [3.8, 4) is 0 Å². The predicted molar refractivity (Wildman–Crippen MR) is 60.7 cm³/mol. The van der Waals surface area contributed by atoms with Crippen molar-refractivity contribution in [2.45, 2.75) is 53.1 Å². The van der Waals surface area contributed by atoms with E-state index in [0.717, 1.165) is 12.7 Å². The smallest absolute Gasteiger partial charge is 0.315 e. The maximum Gasteiger partial charge on any atom is 0.315 e. The highest BCUT2D eigenvalue weighted by atomic mass is 16.2. The van der Waals surface area contributed by atoms with E-state index in [1.54, 1.807) is 0 Å². The molecule has 0 aliphatic rings. The van der Waals surface area contributed by atoms with Crippen LogP contribution in [-0.2, 0) is 4.79 Å². The topological polar surface area (TPSA) is 58.2 Å². The largest absolute Gasteiger partial charge is 0.336 e. The summed E-state index contributed by atoms with van der Waals surface area (Å²) in [5, 5.41) is 5.37. The van der Waals surface area contributed by atoms with Crippen molar-refractivity contribution < 1.29 is 9.59 Å². The molecule has 0 aromatic heterocycles. The summed E-state index contributed by atoms with van der Waals surface area (Å²) in [4.78, 5) is 22.3. The summed E-state index contributed by atoms with van der Waals surface area (Å²) in [7, 11) is 0. The quantitative estimate of drug-likeness (QED) is 0.684. The van der Waals surface area contributed by atoms with Gasteiger partial charge in [0.05, 0.1) is 6.04 Å². The molecule has 0 saturated carbocycles. The number of carbonyl (C=O) groups is 2. The Morgan fingerprint density at radius 2 is 1.87 bits per heavy atom. The lowest BCUT2D eigenvalue weighted by Gasteiger charge is -2.30. The van der Waals surface area contributed by atoms with Gasteiger partial charge in [0.1, 0.15) is 6.29 Å². The molecule has 0 heterocycles. The van der Waals surface area contributed by atoms with E-state index in [4.69, 9.17) is 0 Å². The number of rotatable bonds is 5. The lowest BCUT2D eigenvalue weighted by molar-refractivity contribution is -0.111. The van der Waals surface area contributed by atoms with Crippen molar-refractivity contribution in [1.29, 1.82) is 0 Å². The maximum absolute atomic E-state index is 11.4. The standard InChI is InChI=1S/C11H22N2O2/c1-6-11(4,5)9(7-14)13-10(15)12-8(2)3/h7-9H,6H2,1-5H3,(H2,12,13,15). The van der Waals surface area contributed by atoms with Crippen LogP contribution >= 0.6 is 0 Å². The second-order valence-corrected chi connectivity index (χ2v) is 4.73. The van der Waals surface area contributed by atoms with Gasteiger partial charge in [-0.3, -0.25) is 0 Å². The molecule has 0 radical (unpaired) electrons. The molecule has 88 valence electrons. The first-order valence-corrected chi connectivity index (χ1v) is 5.35. The second-order valence-electron chi connectivity index (χ2n) is 4.73. The summed E-state index contributed by atoms with van der Waals surface area (Å²) >= 11 is 0. The first kappa shape index (κ1) is 13.9. The molecule has 4 heteroatoms. The van der Waals surface area contributed by atoms with Crippen LogP contribution in [0.4, 0.5) is 4.79 Å². The molecule has 2 N–H and O–H groups in total. The fourth-order valence-corrected chi connectivity index (χ4v) is 1.08. The van der Waals surface area contributed by atoms with E-state index in [1.807, 2.05) is 34.6 Å². The van der Waals surface area contributed by atoms with E-state index >= 15 is 0 Å². The number of nitrogens with one attached hydrogen (secondary N) is 2. The van der Waals surface area contributed by atoms with Crippen LogP contribution in [0.1, 0.15) is 41.0 Å². The zero-order chi connectivity index (χ0) is 12.1. The van der Waals surface area contributed by atoms with Crippen LogP contribution in [0.25, 0.3) is 0 Å². The Labute approximate surface area is 91.8 Å². The minimum absolute atomic E-state index is 0.0713. The van der Waals surface area contributed by atoms with Crippen molar-refractivity contribution in [3.63, 3.8) is 0 Å². The van der Waals surface area contributed by atoms with Crippen molar-refractivity contribution in [2.24, 2.45) is 5.41 Å². The van der Waals surface area contributed by atoms with Gasteiger partial charge < -0.3 is 15.4 Å². The molecule has 0 aromatic rings. The fraction of sp³-hybridized carbons (Fsp3) is 0.818. The average Bonchev–Trinajstić information content (AvgIpc) is 2.12. The summed E-state index contributed by atoms with van der Waals surface area (Å²) in [5.74, 6) is 0. The monoisotopic (exact) mass is 214 g/mol. The summed E-state index contributed by atoms with van der Waals surface area (Å²) < 4.78 is 0. The van der Waals surface area contributed by atoms with Gasteiger partial charge in [0.25, 0.3) is 0 Å². The first-order valence-electron chi connectivity index (χ1n) is 5.35. The van der Waals surface area contributed by atoms with E-state index in [0.29, 0.717) is 0 Å². The molecule has 1 atom stereocenters. The van der Waals surface area contributed by atoms with Gasteiger partial charge in [0.2, 0.25) is 0 Å². The van der Waals surface area contributed by atoms with Crippen LogP contribution in [0.5, 0.6) is 0 Å². The van der Waals surface area contributed by atoms with Gasteiger partial charge in [-0.25, -0.2) is 4.79 Å². The lowest BCUT2D eigenvalue weighted by Crippen LogP contribution is -2.51. The van der Waals surface area contributed by atoms with Gasteiger partial charge in [0, 0.05) is 6.04 Å². The predicted octanol–water partition coefficient (Wildman–Crippen LogP) is 1.70. The van der Waals surface area contributed by atoms with Gasteiger partial charge in [0.15, 0.2) is 0 Å². The molecule has 0 aromatic carbocycles. The van der Waals surface area contributed by atoms with E-state index < -0.39 is 6.04 Å². The molecule has 4 nitrogen and oxygen atoms in total. The SMILES string of the molecule is CCC(C)(C)C(C=O)NC(=O)NC(C)C. The molecule has 0 rings (SSSR count). The number of carbonyl (C=O) groups excluding carboxylic acids is 2. The third-order valence-corrected chi connectivity index (χ3v) is 2.60. The minimum atomic E-state index is -0.443. The molecule has 15 heavy (non-hydrogen) atoms. The van der Waals surface area contributed by atoms with Gasteiger partial charge in [-0.15, -0.1) is 0 Å². The number of urea groups is 1. The summed E-state index contributed by atoms with van der Waals surface area (Å²) in [6, 6.07) is -0.660. The van der Waals surface area contributed by atoms with Crippen molar-refractivity contribution in [3.05, 3.63) is 0 Å². The molecular weight excluding hydrogens is 192 g/mol. The molecule has 0 bridgehead atoms. The van der Waals surface area contributed by atoms with Crippen molar-refractivity contribution in [2.75, 3.05) is 0 Å². The third kappa shape index (κ3) is 4.81. The Bertz CT molecular complexity index is 225. The van der Waals surface area contributed by atoms with E-state index in [1.165, 1.54) is 0 Å². The molecule has 1 unspecified atom stereocenters. The Morgan fingerprint density at radius 3 is 2.20 bits per heavy atom. The third-order valence-electron chi connectivity index (χ3n) is 2.60.